The molecule has 132 valence electrons. The van der Waals surface area contributed by atoms with E-state index in [1.807, 2.05) is 12.1 Å². The molecular formula is C18H23ClO5. The molecule has 2 aliphatic rings. The van der Waals surface area contributed by atoms with Crippen LogP contribution < -0.4 is 4.74 Å². The van der Waals surface area contributed by atoms with Crippen molar-refractivity contribution in [1.29, 1.82) is 0 Å². The van der Waals surface area contributed by atoms with Crippen LogP contribution in [0.15, 0.2) is 18.2 Å². The van der Waals surface area contributed by atoms with Crippen molar-refractivity contribution in [2.24, 2.45) is 5.92 Å². The Balaban J connectivity index is 1.35. The zero-order valence-electron chi connectivity index (χ0n) is 13.7. The molecule has 2 unspecified atom stereocenters. The van der Waals surface area contributed by atoms with E-state index >= 15 is 0 Å². The number of hydrogen-bond acceptors (Lipinski definition) is 5. The third-order valence-corrected chi connectivity index (χ3v) is 4.47. The van der Waals surface area contributed by atoms with Gasteiger partial charge in [0, 0.05) is 18.1 Å². The van der Waals surface area contributed by atoms with Crippen molar-refractivity contribution in [1.82, 2.24) is 0 Å². The topological polar surface area (TPSA) is 54.0 Å². The van der Waals surface area contributed by atoms with Gasteiger partial charge < -0.3 is 18.9 Å². The van der Waals surface area contributed by atoms with Gasteiger partial charge in [-0.05, 0) is 49.4 Å². The first kappa shape index (κ1) is 17.5. The number of ether oxygens (including phenoxy) is 4. The van der Waals surface area contributed by atoms with Gasteiger partial charge in [0.15, 0.2) is 6.29 Å². The fourth-order valence-electron chi connectivity index (χ4n) is 2.92. The van der Waals surface area contributed by atoms with Gasteiger partial charge in [0.25, 0.3) is 0 Å². The standard InChI is InChI=1S/C18H23ClO5/c19-15-5-6-16-13(11-15)10-14(12-24-16)18(20)23-9-3-8-22-17-4-1-2-7-21-17/h5-6,11,14,17H,1-4,7-10,12H2. The minimum absolute atomic E-state index is 0.0950. The number of fused-ring (bicyclic) bond motifs is 1. The predicted octanol–water partition coefficient (Wildman–Crippen LogP) is 3.37. The molecule has 1 fully saturated rings. The minimum Gasteiger partial charge on any atom is -0.492 e. The van der Waals surface area contributed by atoms with Crippen LogP contribution in [0.1, 0.15) is 31.2 Å². The lowest BCUT2D eigenvalue weighted by Crippen LogP contribution is -2.30. The highest BCUT2D eigenvalue weighted by Gasteiger charge is 2.27. The van der Waals surface area contributed by atoms with Crippen LogP contribution in [0.2, 0.25) is 5.02 Å². The molecule has 0 bridgehead atoms. The van der Waals surface area contributed by atoms with Crippen molar-refractivity contribution >= 4 is 17.6 Å². The maximum atomic E-state index is 12.2. The Labute approximate surface area is 147 Å². The molecule has 0 aromatic heterocycles. The van der Waals surface area contributed by atoms with Gasteiger partial charge in [-0.15, -0.1) is 0 Å². The summed E-state index contributed by atoms with van der Waals surface area (Å²) in [5, 5.41) is 0.647. The number of esters is 1. The Morgan fingerprint density at radius 2 is 2.21 bits per heavy atom. The molecular weight excluding hydrogens is 332 g/mol. The third-order valence-electron chi connectivity index (χ3n) is 4.24. The van der Waals surface area contributed by atoms with E-state index in [1.54, 1.807) is 6.07 Å². The number of carbonyl (C=O) groups excluding carboxylic acids is 1. The largest absolute Gasteiger partial charge is 0.492 e. The zero-order valence-corrected chi connectivity index (χ0v) is 14.4. The lowest BCUT2D eigenvalue weighted by Gasteiger charge is -2.24. The van der Waals surface area contributed by atoms with E-state index in [-0.39, 0.29) is 18.2 Å². The maximum absolute atomic E-state index is 12.2. The summed E-state index contributed by atoms with van der Waals surface area (Å²) in [4.78, 5) is 12.2. The van der Waals surface area contributed by atoms with Gasteiger partial charge in [0.2, 0.25) is 0 Å². The van der Waals surface area contributed by atoms with Gasteiger partial charge in [-0.3, -0.25) is 4.79 Å². The highest BCUT2D eigenvalue weighted by molar-refractivity contribution is 6.30. The summed E-state index contributed by atoms with van der Waals surface area (Å²) < 4.78 is 22.1. The molecule has 0 aliphatic carbocycles. The Morgan fingerprint density at radius 1 is 1.29 bits per heavy atom. The van der Waals surface area contributed by atoms with Gasteiger partial charge in [0.05, 0.1) is 19.1 Å². The van der Waals surface area contributed by atoms with E-state index in [2.05, 4.69) is 0 Å². The first-order valence-corrected chi connectivity index (χ1v) is 8.91. The first-order valence-electron chi connectivity index (χ1n) is 8.53. The van der Waals surface area contributed by atoms with Crippen molar-refractivity contribution in [2.75, 3.05) is 26.4 Å². The highest BCUT2D eigenvalue weighted by Crippen LogP contribution is 2.30. The quantitative estimate of drug-likeness (QED) is 0.579. The molecule has 0 saturated carbocycles. The second-order valence-electron chi connectivity index (χ2n) is 6.15. The minimum atomic E-state index is -0.279. The second kappa shape index (κ2) is 8.70. The average Bonchev–Trinajstić information content (AvgIpc) is 2.61. The summed E-state index contributed by atoms with van der Waals surface area (Å²) in [5.41, 5.74) is 0.952. The SMILES string of the molecule is O=C(OCCCOC1CCCCO1)C1COc2ccc(Cl)cc2C1. The Kier molecular flexibility index (Phi) is 6.35. The monoisotopic (exact) mass is 354 g/mol. The van der Waals surface area contributed by atoms with Gasteiger partial charge in [-0.25, -0.2) is 0 Å². The Hall–Kier alpha value is -1.30. The van der Waals surface area contributed by atoms with Gasteiger partial charge in [0.1, 0.15) is 12.4 Å². The second-order valence-corrected chi connectivity index (χ2v) is 6.59. The van der Waals surface area contributed by atoms with Crippen molar-refractivity contribution in [3.63, 3.8) is 0 Å². The summed E-state index contributed by atoms with van der Waals surface area (Å²) in [7, 11) is 0. The molecule has 6 heteroatoms. The van der Waals surface area contributed by atoms with Gasteiger partial charge in [-0.1, -0.05) is 11.6 Å². The van der Waals surface area contributed by atoms with E-state index in [9.17, 15) is 4.79 Å². The molecule has 1 aromatic carbocycles. The van der Waals surface area contributed by atoms with E-state index in [0.29, 0.717) is 37.7 Å². The normalized spacial score (nSPS) is 23.2. The van der Waals surface area contributed by atoms with Crippen molar-refractivity contribution < 1.29 is 23.7 Å². The van der Waals surface area contributed by atoms with Crippen LogP contribution in [-0.2, 0) is 25.4 Å². The van der Waals surface area contributed by atoms with Crippen molar-refractivity contribution in [2.45, 2.75) is 38.4 Å². The fraction of sp³-hybridized carbons (Fsp3) is 0.611. The summed E-state index contributed by atoms with van der Waals surface area (Å²) >= 11 is 5.99. The molecule has 1 aromatic rings. The van der Waals surface area contributed by atoms with Crippen molar-refractivity contribution in [3.05, 3.63) is 28.8 Å². The van der Waals surface area contributed by atoms with E-state index in [4.69, 9.17) is 30.5 Å². The number of hydrogen-bond donors (Lipinski definition) is 0. The summed E-state index contributed by atoms with van der Waals surface area (Å²) in [6.45, 7) is 2.01. The number of halogens is 1. The molecule has 5 nitrogen and oxygen atoms in total. The number of rotatable bonds is 6. The lowest BCUT2D eigenvalue weighted by atomic mass is 9.97. The zero-order chi connectivity index (χ0) is 16.8. The third kappa shape index (κ3) is 4.85. The Bertz CT molecular complexity index is 556. The van der Waals surface area contributed by atoms with Crippen molar-refractivity contribution in [3.8, 4) is 5.75 Å². The molecule has 2 atom stereocenters. The van der Waals surface area contributed by atoms with Crippen LogP contribution in [0, 0.1) is 5.92 Å². The molecule has 0 spiro atoms. The maximum Gasteiger partial charge on any atom is 0.312 e. The molecule has 3 rings (SSSR count). The smallest absolute Gasteiger partial charge is 0.312 e. The molecule has 2 heterocycles. The molecule has 1 saturated heterocycles. The summed E-state index contributed by atoms with van der Waals surface area (Å²) in [5.74, 6) is 0.289. The number of carbonyl (C=O) groups is 1. The fourth-order valence-corrected chi connectivity index (χ4v) is 3.12. The first-order chi connectivity index (χ1) is 11.7. The van der Waals surface area contributed by atoms with Crippen LogP contribution >= 0.6 is 11.6 Å². The van der Waals surface area contributed by atoms with Crippen LogP contribution in [0.25, 0.3) is 0 Å². The van der Waals surface area contributed by atoms with E-state index < -0.39 is 0 Å². The molecule has 24 heavy (non-hydrogen) atoms. The molecule has 0 radical (unpaired) electrons. The van der Waals surface area contributed by atoms with E-state index in [1.165, 1.54) is 0 Å². The average molecular weight is 355 g/mol. The molecule has 0 amide bonds. The number of benzene rings is 1. The van der Waals surface area contributed by atoms with Crippen LogP contribution in [0.5, 0.6) is 5.75 Å². The highest BCUT2D eigenvalue weighted by atomic mass is 35.5. The van der Waals surface area contributed by atoms with Crippen LogP contribution in [0.3, 0.4) is 0 Å². The lowest BCUT2D eigenvalue weighted by molar-refractivity contribution is -0.166. The summed E-state index contributed by atoms with van der Waals surface area (Å²) in [6.07, 6.45) is 4.37. The van der Waals surface area contributed by atoms with Gasteiger partial charge in [-0.2, -0.15) is 0 Å². The predicted molar refractivity (Wildman–Crippen MR) is 89.3 cm³/mol. The molecule has 2 aliphatic heterocycles. The Morgan fingerprint density at radius 3 is 3.04 bits per heavy atom. The summed E-state index contributed by atoms with van der Waals surface area (Å²) in [6, 6.07) is 5.47. The molecule has 0 N–H and O–H groups in total. The van der Waals surface area contributed by atoms with E-state index in [0.717, 1.165) is 37.2 Å². The van der Waals surface area contributed by atoms with Crippen LogP contribution in [-0.4, -0.2) is 38.7 Å². The van der Waals surface area contributed by atoms with Crippen LogP contribution in [0.4, 0.5) is 0 Å². The van der Waals surface area contributed by atoms with Gasteiger partial charge >= 0.3 is 5.97 Å².